The molecule has 2 aromatic heterocycles. The summed E-state index contributed by atoms with van der Waals surface area (Å²) in [4.78, 5) is 0. The number of benzene rings is 2. The van der Waals surface area contributed by atoms with Crippen LogP contribution in [0.25, 0.3) is 16.8 Å². The molecule has 0 aliphatic carbocycles. The molecular weight excluding hydrogens is 466 g/mol. The van der Waals surface area contributed by atoms with Crippen molar-refractivity contribution in [1.82, 2.24) is 19.6 Å². The molecular formula is C22H22F2N6O3S. The second-order valence-electron chi connectivity index (χ2n) is 7.54. The van der Waals surface area contributed by atoms with E-state index in [0.29, 0.717) is 34.0 Å². The van der Waals surface area contributed by atoms with E-state index in [0.717, 1.165) is 16.5 Å². The average molecular weight is 489 g/mol. The lowest BCUT2D eigenvalue weighted by atomic mass is 10.0. The molecule has 2 heterocycles. The number of hydrogen-bond acceptors (Lipinski definition) is 6. The molecule has 0 bridgehead atoms. The molecule has 2 N–H and O–H groups in total. The zero-order chi connectivity index (χ0) is 24.6. The smallest absolute Gasteiger partial charge is 0.277 e. The second kappa shape index (κ2) is 9.33. The van der Waals surface area contributed by atoms with Crippen molar-refractivity contribution in [2.75, 3.05) is 30.9 Å². The van der Waals surface area contributed by atoms with E-state index in [9.17, 15) is 17.5 Å². The van der Waals surface area contributed by atoms with Crippen LogP contribution < -0.4 is 14.5 Å². The van der Waals surface area contributed by atoms with Crippen LogP contribution in [0.5, 0.6) is 11.5 Å². The zero-order valence-corrected chi connectivity index (χ0v) is 19.6. The number of aromatic nitrogens is 3. The maximum absolute atomic E-state index is 14.3. The highest BCUT2D eigenvalue weighted by molar-refractivity contribution is 7.80. The number of nitrogens with zero attached hydrogens (tertiary/aromatic N) is 5. The van der Waals surface area contributed by atoms with Gasteiger partial charge in [0.05, 0.1) is 11.4 Å². The Morgan fingerprint density at radius 3 is 2.47 bits per heavy atom. The molecule has 34 heavy (non-hydrogen) atoms. The van der Waals surface area contributed by atoms with Gasteiger partial charge in [-0.3, -0.25) is 8.95 Å². The third-order valence-corrected chi connectivity index (χ3v) is 5.90. The van der Waals surface area contributed by atoms with Gasteiger partial charge >= 0.3 is 0 Å². The number of ether oxygens (including phenoxy) is 1. The number of halogens is 2. The van der Waals surface area contributed by atoms with Gasteiger partial charge in [-0.2, -0.15) is 4.41 Å². The van der Waals surface area contributed by atoms with Crippen LogP contribution in [0, 0.1) is 18.6 Å². The Bertz CT molecular complexity index is 1390. The standard InChI is InChI=1S/C22H22F2N6O3S/c1-13-26-27-22-19(25-2)9-14(12-29(13)22)17-11-16(30(28(3)4)34(31)32)6-8-20(17)33-21-7-5-15(23)10-18(21)24/h5-12,25H,1-4H3,(H,31,32). The first kappa shape index (κ1) is 23.5. The van der Waals surface area contributed by atoms with Crippen molar-refractivity contribution in [3.05, 3.63) is 66.1 Å². The minimum atomic E-state index is -2.35. The molecule has 0 fully saturated rings. The topological polar surface area (TPSA) is 95.2 Å². The van der Waals surface area contributed by atoms with Gasteiger partial charge in [-0.05, 0) is 43.3 Å². The zero-order valence-electron chi connectivity index (χ0n) is 18.8. The summed E-state index contributed by atoms with van der Waals surface area (Å²) in [5.74, 6) is -0.852. The van der Waals surface area contributed by atoms with Gasteiger partial charge in [0.1, 0.15) is 17.4 Å². The van der Waals surface area contributed by atoms with Crippen LogP contribution in [0.15, 0.2) is 48.7 Å². The fourth-order valence-electron chi connectivity index (χ4n) is 3.52. The third-order valence-electron chi connectivity index (χ3n) is 5.06. The van der Waals surface area contributed by atoms with E-state index in [2.05, 4.69) is 15.5 Å². The maximum Gasteiger partial charge on any atom is 0.277 e. The van der Waals surface area contributed by atoms with Crippen molar-refractivity contribution in [3.8, 4) is 22.6 Å². The van der Waals surface area contributed by atoms with Crippen LogP contribution >= 0.6 is 0 Å². The van der Waals surface area contributed by atoms with E-state index >= 15 is 0 Å². The molecule has 0 saturated heterocycles. The average Bonchev–Trinajstić information content (AvgIpc) is 3.16. The second-order valence-corrected chi connectivity index (χ2v) is 8.35. The van der Waals surface area contributed by atoms with E-state index < -0.39 is 22.9 Å². The van der Waals surface area contributed by atoms with Crippen LogP contribution in [0.2, 0.25) is 0 Å². The van der Waals surface area contributed by atoms with Gasteiger partial charge in [-0.25, -0.2) is 18.0 Å². The van der Waals surface area contributed by atoms with Crippen LogP contribution in [0.3, 0.4) is 0 Å². The van der Waals surface area contributed by atoms with Crippen molar-refractivity contribution in [3.63, 3.8) is 0 Å². The molecule has 1 unspecified atom stereocenters. The Labute approximate surface area is 197 Å². The number of fused-ring (bicyclic) bond motifs is 1. The van der Waals surface area contributed by atoms with Gasteiger partial charge in [0.25, 0.3) is 11.3 Å². The fourth-order valence-corrected chi connectivity index (χ4v) is 4.10. The van der Waals surface area contributed by atoms with Crippen LogP contribution in [0.1, 0.15) is 5.82 Å². The van der Waals surface area contributed by atoms with E-state index in [1.807, 2.05) is 6.07 Å². The number of hydrazine groups is 1. The van der Waals surface area contributed by atoms with E-state index in [-0.39, 0.29) is 11.5 Å². The largest absolute Gasteiger partial charge is 0.454 e. The number of rotatable bonds is 7. The van der Waals surface area contributed by atoms with Gasteiger partial charge in [0.15, 0.2) is 17.2 Å². The molecule has 4 aromatic rings. The summed E-state index contributed by atoms with van der Waals surface area (Å²) in [7, 11) is 4.99. The van der Waals surface area contributed by atoms with Gasteiger partial charge in [-0.1, -0.05) is 0 Å². The Morgan fingerprint density at radius 1 is 1.09 bits per heavy atom. The van der Waals surface area contributed by atoms with Crippen molar-refractivity contribution >= 4 is 28.3 Å². The number of hydrogen-bond donors (Lipinski definition) is 2. The van der Waals surface area contributed by atoms with Crippen molar-refractivity contribution in [2.24, 2.45) is 0 Å². The van der Waals surface area contributed by atoms with Gasteiger partial charge in [-0.15, -0.1) is 10.2 Å². The molecule has 9 nitrogen and oxygen atoms in total. The summed E-state index contributed by atoms with van der Waals surface area (Å²) in [6.07, 6.45) is 1.79. The Morgan fingerprint density at radius 2 is 1.82 bits per heavy atom. The molecule has 0 spiro atoms. The first-order valence-electron chi connectivity index (χ1n) is 10.1. The van der Waals surface area contributed by atoms with Gasteiger partial charge < -0.3 is 10.1 Å². The summed E-state index contributed by atoms with van der Waals surface area (Å²) >= 11 is -2.35. The summed E-state index contributed by atoms with van der Waals surface area (Å²) in [5.41, 5.74) is 2.81. The molecule has 0 saturated carbocycles. The highest BCUT2D eigenvalue weighted by atomic mass is 32.2. The molecule has 0 aliphatic heterocycles. The highest BCUT2D eigenvalue weighted by Gasteiger charge is 2.20. The molecule has 0 amide bonds. The molecule has 178 valence electrons. The first-order valence-corrected chi connectivity index (χ1v) is 11.1. The Hall–Kier alpha value is -3.61. The predicted molar refractivity (Wildman–Crippen MR) is 126 cm³/mol. The monoisotopic (exact) mass is 488 g/mol. The first-order chi connectivity index (χ1) is 16.2. The quantitative estimate of drug-likeness (QED) is 0.297. The summed E-state index contributed by atoms with van der Waals surface area (Å²) in [6, 6.07) is 9.61. The SMILES string of the molecule is CNc1cc(-c2cc(N(N(C)C)S(=O)O)ccc2Oc2ccc(F)cc2F)cn2c(C)nnc12. The minimum Gasteiger partial charge on any atom is -0.454 e. The summed E-state index contributed by atoms with van der Waals surface area (Å²) in [5, 5.41) is 12.8. The number of nitrogens with one attached hydrogen (secondary N) is 1. The minimum absolute atomic E-state index is 0.166. The third kappa shape index (κ3) is 4.42. The lowest BCUT2D eigenvalue weighted by Crippen LogP contribution is -2.38. The Kier molecular flexibility index (Phi) is 6.46. The summed E-state index contributed by atoms with van der Waals surface area (Å²) in [6.45, 7) is 1.80. The normalized spacial score (nSPS) is 12.2. The lowest BCUT2D eigenvalue weighted by Gasteiger charge is -2.27. The molecule has 0 radical (unpaired) electrons. The van der Waals surface area contributed by atoms with Crippen LogP contribution in [-0.4, -0.2) is 49.5 Å². The van der Waals surface area contributed by atoms with Crippen molar-refractivity contribution < 1.29 is 22.3 Å². The maximum atomic E-state index is 14.3. The lowest BCUT2D eigenvalue weighted by molar-refractivity contribution is 0.417. The number of pyridine rings is 1. The molecule has 1 atom stereocenters. The van der Waals surface area contributed by atoms with Gasteiger partial charge in [0, 0.05) is 44.5 Å². The summed E-state index contributed by atoms with van der Waals surface area (Å²) < 4.78 is 58.3. The highest BCUT2D eigenvalue weighted by Crippen LogP contribution is 2.39. The van der Waals surface area contributed by atoms with Crippen LogP contribution in [-0.2, 0) is 11.3 Å². The Balaban J connectivity index is 1.93. The fraction of sp³-hybridized carbons (Fsp3) is 0.182. The van der Waals surface area contributed by atoms with Gasteiger partial charge in [0.2, 0.25) is 0 Å². The molecule has 0 aliphatic rings. The number of anilines is 2. The predicted octanol–water partition coefficient (Wildman–Crippen LogP) is 4.24. The van der Waals surface area contributed by atoms with Crippen molar-refractivity contribution in [2.45, 2.75) is 6.92 Å². The van der Waals surface area contributed by atoms with Crippen LogP contribution in [0.4, 0.5) is 20.2 Å². The van der Waals surface area contributed by atoms with E-state index in [1.54, 1.807) is 56.9 Å². The van der Waals surface area contributed by atoms with Crippen molar-refractivity contribution in [1.29, 1.82) is 0 Å². The number of aryl methyl sites for hydroxylation is 1. The van der Waals surface area contributed by atoms with E-state index in [1.165, 1.54) is 11.1 Å². The molecule has 4 rings (SSSR count). The molecule has 2 aromatic carbocycles. The van der Waals surface area contributed by atoms with E-state index in [4.69, 9.17) is 4.74 Å². The molecule has 12 heteroatoms.